The molecule has 0 saturated heterocycles. The van der Waals surface area contributed by atoms with Gasteiger partial charge in [-0.25, -0.2) is 0 Å². The number of hydrogen-bond acceptors (Lipinski definition) is 4. The van der Waals surface area contributed by atoms with Crippen molar-refractivity contribution in [3.8, 4) is 21.7 Å². The molecule has 160 valence electrons. The maximum absolute atomic E-state index is 13.3. The minimum absolute atomic E-state index is 0.0271. The molecule has 0 amide bonds. The summed E-state index contributed by atoms with van der Waals surface area (Å²) in [5.41, 5.74) is 0.0709. The van der Waals surface area contributed by atoms with Crippen molar-refractivity contribution in [2.45, 2.75) is 18.0 Å². The minimum atomic E-state index is -4.73. The van der Waals surface area contributed by atoms with Gasteiger partial charge in [-0.2, -0.15) is 31.2 Å². The summed E-state index contributed by atoms with van der Waals surface area (Å²) in [6.07, 6.45) is -4.73. The van der Waals surface area contributed by atoms with Gasteiger partial charge in [0, 0.05) is 15.3 Å². The summed E-state index contributed by atoms with van der Waals surface area (Å²) in [6.45, 7) is 1.98. The third kappa shape index (κ3) is 4.49. The van der Waals surface area contributed by atoms with E-state index in [1.165, 1.54) is 24.3 Å². The van der Waals surface area contributed by atoms with Crippen molar-refractivity contribution < 1.29 is 21.6 Å². The number of alkyl halides is 3. The van der Waals surface area contributed by atoms with Crippen molar-refractivity contribution in [2.75, 3.05) is 4.83 Å². The Balaban J connectivity index is 1.74. The van der Waals surface area contributed by atoms with E-state index in [0.717, 1.165) is 21.4 Å². The van der Waals surface area contributed by atoms with Crippen LogP contribution in [-0.4, -0.2) is 18.3 Å². The standard InChI is InChI=1S/C21H16F3N3O2S2/c1-14-7-12-19(30-14)16-10-8-15(9-11-16)18-13-20(21(22,23)24)25-27(18)26-31(28,29)17-5-3-2-4-6-17/h2-13,26H,1H3. The van der Waals surface area contributed by atoms with Gasteiger partial charge in [0.15, 0.2) is 5.69 Å². The molecule has 0 aliphatic carbocycles. The Kier molecular flexibility index (Phi) is 5.36. The summed E-state index contributed by atoms with van der Waals surface area (Å²) in [7, 11) is -4.14. The number of aromatic nitrogens is 2. The van der Waals surface area contributed by atoms with Gasteiger partial charge in [0.1, 0.15) is 0 Å². The molecule has 0 aliphatic rings. The van der Waals surface area contributed by atoms with Crippen molar-refractivity contribution in [3.63, 3.8) is 0 Å². The van der Waals surface area contributed by atoms with Crippen LogP contribution < -0.4 is 4.83 Å². The third-order valence-electron chi connectivity index (χ3n) is 4.47. The van der Waals surface area contributed by atoms with E-state index in [1.807, 2.05) is 19.1 Å². The highest BCUT2D eigenvalue weighted by molar-refractivity contribution is 7.92. The molecule has 0 bridgehead atoms. The van der Waals surface area contributed by atoms with E-state index >= 15 is 0 Å². The normalized spacial score (nSPS) is 12.1. The molecule has 4 rings (SSSR count). The van der Waals surface area contributed by atoms with E-state index in [-0.39, 0.29) is 10.6 Å². The van der Waals surface area contributed by atoms with E-state index < -0.39 is 21.9 Å². The SMILES string of the molecule is Cc1ccc(-c2ccc(-c3cc(C(F)(F)F)nn3NS(=O)(=O)c3ccccc3)cc2)s1. The quantitative estimate of drug-likeness (QED) is 0.423. The molecular weight excluding hydrogens is 447 g/mol. The van der Waals surface area contributed by atoms with Crippen LogP contribution in [0.5, 0.6) is 0 Å². The number of benzene rings is 2. The summed E-state index contributed by atoms with van der Waals surface area (Å²) in [5.74, 6) is 0. The first-order valence-electron chi connectivity index (χ1n) is 9.06. The molecule has 0 fully saturated rings. The topological polar surface area (TPSA) is 64.0 Å². The highest BCUT2D eigenvalue weighted by Crippen LogP contribution is 2.33. The van der Waals surface area contributed by atoms with Gasteiger partial charge in [-0.3, -0.25) is 0 Å². The predicted octanol–water partition coefficient (Wildman–Crippen LogP) is 5.54. The van der Waals surface area contributed by atoms with Gasteiger partial charge in [0.05, 0.1) is 10.6 Å². The Hall–Kier alpha value is -3.11. The highest BCUT2D eigenvalue weighted by Gasteiger charge is 2.35. The second-order valence-electron chi connectivity index (χ2n) is 6.72. The molecule has 1 N–H and O–H groups in total. The molecule has 2 heterocycles. The van der Waals surface area contributed by atoms with Gasteiger partial charge in [0.2, 0.25) is 0 Å². The molecule has 0 atom stereocenters. The van der Waals surface area contributed by atoms with Gasteiger partial charge < -0.3 is 0 Å². The molecule has 0 saturated carbocycles. The molecule has 0 radical (unpaired) electrons. The molecule has 0 unspecified atom stereocenters. The number of hydrogen-bond donors (Lipinski definition) is 1. The lowest BCUT2D eigenvalue weighted by atomic mass is 10.1. The van der Waals surface area contributed by atoms with Crippen LogP contribution in [0.1, 0.15) is 10.6 Å². The molecule has 0 aliphatic heterocycles. The number of rotatable bonds is 5. The number of sulfonamides is 1. The molecule has 10 heteroatoms. The Morgan fingerprint density at radius 1 is 0.935 bits per heavy atom. The summed E-state index contributed by atoms with van der Waals surface area (Å²) in [5, 5.41) is 3.46. The highest BCUT2D eigenvalue weighted by atomic mass is 32.2. The zero-order valence-electron chi connectivity index (χ0n) is 16.1. The summed E-state index contributed by atoms with van der Waals surface area (Å²) < 4.78 is 65.1. The fraction of sp³-hybridized carbons (Fsp3) is 0.0952. The molecule has 2 aromatic carbocycles. The summed E-state index contributed by atoms with van der Waals surface area (Å²) >= 11 is 1.60. The number of halogens is 3. The first-order chi connectivity index (χ1) is 14.6. The largest absolute Gasteiger partial charge is 0.435 e. The second kappa shape index (κ2) is 7.86. The summed E-state index contributed by atoms with van der Waals surface area (Å²) in [4.78, 5) is 4.85. The molecular formula is C21H16F3N3O2S2. The lowest BCUT2D eigenvalue weighted by Gasteiger charge is -2.11. The minimum Gasteiger partial charge on any atom is -0.200 e. The average Bonchev–Trinajstić information content (AvgIpc) is 3.35. The van der Waals surface area contributed by atoms with E-state index in [0.29, 0.717) is 10.4 Å². The number of nitrogens with one attached hydrogen (secondary N) is 1. The third-order valence-corrected chi connectivity index (χ3v) is 6.82. The van der Waals surface area contributed by atoms with Crippen LogP contribution in [0.3, 0.4) is 0 Å². The van der Waals surface area contributed by atoms with E-state index in [1.54, 1.807) is 41.7 Å². The smallest absolute Gasteiger partial charge is 0.200 e. The Morgan fingerprint density at radius 3 is 2.16 bits per heavy atom. The monoisotopic (exact) mass is 463 g/mol. The van der Waals surface area contributed by atoms with Crippen molar-refractivity contribution in [3.05, 3.63) is 83.4 Å². The predicted molar refractivity (Wildman–Crippen MR) is 114 cm³/mol. The van der Waals surface area contributed by atoms with Crippen LogP contribution >= 0.6 is 11.3 Å². The van der Waals surface area contributed by atoms with Crippen molar-refractivity contribution in [2.24, 2.45) is 0 Å². The zero-order chi connectivity index (χ0) is 22.2. The van der Waals surface area contributed by atoms with Crippen LogP contribution in [0, 0.1) is 6.92 Å². The molecule has 31 heavy (non-hydrogen) atoms. The Bertz CT molecular complexity index is 1310. The fourth-order valence-corrected chi connectivity index (χ4v) is 4.82. The van der Waals surface area contributed by atoms with E-state index in [9.17, 15) is 21.6 Å². The lowest BCUT2D eigenvalue weighted by molar-refractivity contribution is -0.141. The van der Waals surface area contributed by atoms with Crippen LogP contribution in [0.15, 0.2) is 77.7 Å². The number of nitrogens with zero attached hydrogens (tertiary/aromatic N) is 2. The number of thiophene rings is 1. The van der Waals surface area contributed by atoms with Crippen molar-refractivity contribution in [1.82, 2.24) is 9.89 Å². The molecule has 5 nitrogen and oxygen atoms in total. The maximum atomic E-state index is 13.3. The second-order valence-corrected chi connectivity index (χ2v) is 9.67. The van der Waals surface area contributed by atoms with Gasteiger partial charge in [-0.1, -0.05) is 42.5 Å². The van der Waals surface area contributed by atoms with Crippen LogP contribution in [0.25, 0.3) is 21.7 Å². The maximum Gasteiger partial charge on any atom is 0.435 e. The van der Waals surface area contributed by atoms with Crippen LogP contribution in [-0.2, 0) is 16.2 Å². The average molecular weight is 464 g/mol. The Morgan fingerprint density at radius 2 is 1.58 bits per heavy atom. The van der Waals surface area contributed by atoms with Gasteiger partial charge in [-0.15, -0.1) is 16.4 Å². The van der Waals surface area contributed by atoms with Gasteiger partial charge >= 0.3 is 6.18 Å². The van der Waals surface area contributed by atoms with E-state index in [2.05, 4.69) is 9.93 Å². The summed E-state index contributed by atoms with van der Waals surface area (Å²) in [6, 6.07) is 18.9. The first-order valence-corrected chi connectivity index (χ1v) is 11.4. The van der Waals surface area contributed by atoms with E-state index in [4.69, 9.17) is 0 Å². The van der Waals surface area contributed by atoms with Crippen LogP contribution in [0.2, 0.25) is 0 Å². The molecule has 2 aromatic heterocycles. The Labute approximate surface area is 180 Å². The van der Waals surface area contributed by atoms with Crippen LogP contribution in [0.4, 0.5) is 13.2 Å². The fourth-order valence-electron chi connectivity index (χ4n) is 2.96. The molecule has 4 aromatic rings. The van der Waals surface area contributed by atoms with Gasteiger partial charge in [-0.05, 0) is 42.8 Å². The van der Waals surface area contributed by atoms with Gasteiger partial charge in [0.25, 0.3) is 10.0 Å². The zero-order valence-corrected chi connectivity index (χ0v) is 17.7. The first kappa shape index (κ1) is 21.1. The molecule has 0 spiro atoms. The van der Waals surface area contributed by atoms with Crippen molar-refractivity contribution in [1.29, 1.82) is 0 Å². The number of aryl methyl sites for hydroxylation is 1. The van der Waals surface area contributed by atoms with Crippen molar-refractivity contribution >= 4 is 21.4 Å². The lowest BCUT2D eigenvalue weighted by Crippen LogP contribution is -2.25.